The molecule has 0 saturated carbocycles. The number of nitrogens with zero attached hydrogens (tertiary/aromatic N) is 1. The second-order valence-corrected chi connectivity index (χ2v) is 7.27. The SMILES string of the molecule is CCN(CC)Cc1ccc(CNS(=O)(=O)c2ccccc2F)cc1.Cl. The highest BCUT2D eigenvalue weighted by Gasteiger charge is 2.17. The summed E-state index contributed by atoms with van der Waals surface area (Å²) in [5.74, 6) is -0.750. The summed E-state index contributed by atoms with van der Waals surface area (Å²) in [4.78, 5) is 1.97. The van der Waals surface area contributed by atoms with E-state index in [-0.39, 0.29) is 23.8 Å². The number of hydrogen-bond donors (Lipinski definition) is 1. The highest BCUT2D eigenvalue weighted by Crippen LogP contribution is 2.14. The molecule has 0 spiro atoms. The molecule has 2 rings (SSSR count). The van der Waals surface area contributed by atoms with Gasteiger partial charge in [-0.1, -0.05) is 50.2 Å². The fourth-order valence-electron chi connectivity index (χ4n) is 2.39. The number of benzene rings is 2. The van der Waals surface area contributed by atoms with Crippen molar-refractivity contribution in [3.05, 3.63) is 65.5 Å². The van der Waals surface area contributed by atoms with Gasteiger partial charge >= 0.3 is 0 Å². The summed E-state index contributed by atoms with van der Waals surface area (Å²) < 4.78 is 40.4. The van der Waals surface area contributed by atoms with Crippen LogP contribution >= 0.6 is 12.4 Å². The van der Waals surface area contributed by atoms with Gasteiger partial charge < -0.3 is 0 Å². The van der Waals surface area contributed by atoms with Crippen LogP contribution in [0.4, 0.5) is 4.39 Å². The Bertz CT molecular complexity index is 763. The molecule has 0 aliphatic carbocycles. The van der Waals surface area contributed by atoms with E-state index in [0.29, 0.717) is 0 Å². The monoisotopic (exact) mass is 386 g/mol. The van der Waals surface area contributed by atoms with E-state index in [0.717, 1.165) is 31.3 Å². The molecule has 0 aromatic heterocycles. The fourth-order valence-corrected chi connectivity index (χ4v) is 3.48. The van der Waals surface area contributed by atoms with Crippen LogP contribution in [0.3, 0.4) is 0 Å². The lowest BCUT2D eigenvalue weighted by atomic mass is 10.1. The highest BCUT2D eigenvalue weighted by molar-refractivity contribution is 7.89. The van der Waals surface area contributed by atoms with Gasteiger partial charge in [0.05, 0.1) is 0 Å². The fraction of sp³-hybridized carbons (Fsp3) is 0.333. The first-order chi connectivity index (χ1) is 11.5. The second kappa shape index (κ2) is 9.87. The maximum Gasteiger partial charge on any atom is 0.243 e. The normalized spacial score (nSPS) is 11.4. The number of nitrogens with one attached hydrogen (secondary N) is 1. The van der Waals surface area contributed by atoms with E-state index in [1.807, 2.05) is 24.3 Å². The van der Waals surface area contributed by atoms with Crippen molar-refractivity contribution in [1.29, 1.82) is 0 Å². The van der Waals surface area contributed by atoms with Crippen LogP contribution < -0.4 is 4.72 Å². The number of rotatable bonds is 8. The van der Waals surface area contributed by atoms with E-state index in [1.165, 1.54) is 23.8 Å². The van der Waals surface area contributed by atoms with Crippen molar-refractivity contribution in [2.45, 2.75) is 31.8 Å². The van der Waals surface area contributed by atoms with E-state index in [1.54, 1.807) is 0 Å². The molecule has 0 heterocycles. The molecular formula is C18H24ClFN2O2S. The zero-order valence-electron chi connectivity index (χ0n) is 14.4. The number of sulfonamides is 1. The van der Waals surface area contributed by atoms with Crippen molar-refractivity contribution < 1.29 is 12.8 Å². The van der Waals surface area contributed by atoms with Gasteiger partial charge in [0, 0.05) is 13.1 Å². The summed E-state index contributed by atoms with van der Waals surface area (Å²) >= 11 is 0. The van der Waals surface area contributed by atoms with Gasteiger partial charge in [-0.25, -0.2) is 17.5 Å². The molecule has 4 nitrogen and oxygen atoms in total. The van der Waals surface area contributed by atoms with Crippen molar-refractivity contribution in [2.24, 2.45) is 0 Å². The summed E-state index contributed by atoms with van der Waals surface area (Å²) in [6.45, 7) is 7.21. The van der Waals surface area contributed by atoms with Gasteiger partial charge in [0.15, 0.2) is 0 Å². The molecule has 0 amide bonds. The Morgan fingerprint density at radius 3 is 2.08 bits per heavy atom. The van der Waals surface area contributed by atoms with Crippen LogP contribution in [0.1, 0.15) is 25.0 Å². The second-order valence-electron chi connectivity index (χ2n) is 5.53. The first kappa shape index (κ1) is 21.6. The largest absolute Gasteiger partial charge is 0.300 e. The van der Waals surface area contributed by atoms with Crippen LogP contribution in [0.5, 0.6) is 0 Å². The van der Waals surface area contributed by atoms with E-state index in [9.17, 15) is 12.8 Å². The summed E-state index contributed by atoms with van der Waals surface area (Å²) in [6, 6.07) is 13.1. The third kappa shape index (κ3) is 6.08. The zero-order valence-corrected chi connectivity index (χ0v) is 16.0. The molecule has 0 saturated heterocycles. The van der Waals surface area contributed by atoms with Crippen LogP contribution in [0.2, 0.25) is 0 Å². The minimum absolute atomic E-state index is 0. The van der Waals surface area contributed by atoms with E-state index in [2.05, 4.69) is 23.5 Å². The molecule has 2 aromatic rings. The number of hydrogen-bond acceptors (Lipinski definition) is 3. The maximum atomic E-state index is 13.6. The molecule has 7 heteroatoms. The average Bonchev–Trinajstić information content (AvgIpc) is 2.59. The van der Waals surface area contributed by atoms with Gasteiger partial charge in [0.2, 0.25) is 10.0 Å². The maximum absolute atomic E-state index is 13.6. The summed E-state index contributed by atoms with van der Waals surface area (Å²) in [5.41, 5.74) is 2.01. The molecule has 0 aliphatic rings. The first-order valence-electron chi connectivity index (χ1n) is 8.00. The van der Waals surface area contributed by atoms with Crippen molar-refractivity contribution >= 4 is 22.4 Å². The van der Waals surface area contributed by atoms with Gasteiger partial charge in [0.25, 0.3) is 0 Å². The molecule has 138 valence electrons. The predicted octanol–water partition coefficient (Wildman–Crippen LogP) is 3.57. The standard InChI is InChI=1S/C18H23FN2O2S.ClH/c1-3-21(4-2)14-16-11-9-15(10-12-16)13-20-24(22,23)18-8-6-5-7-17(18)19;/h5-12,20H,3-4,13-14H2,1-2H3;1H. The lowest BCUT2D eigenvalue weighted by Gasteiger charge is -2.18. The Kier molecular flexibility index (Phi) is 8.52. The van der Waals surface area contributed by atoms with Crippen LogP contribution in [-0.4, -0.2) is 26.4 Å². The van der Waals surface area contributed by atoms with Crippen LogP contribution in [-0.2, 0) is 23.1 Å². The Hall–Kier alpha value is -1.47. The third-order valence-corrected chi connectivity index (χ3v) is 5.35. The Balaban J connectivity index is 0.00000312. The summed E-state index contributed by atoms with van der Waals surface area (Å²) in [6.07, 6.45) is 0. The summed E-state index contributed by atoms with van der Waals surface area (Å²) in [7, 11) is -3.86. The average molecular weight is 387 g/mol. The molecular weight excluding hydrogens is 363 g/mol. The van der Waals surface area contributed by atoms with Gasteiger partial charge in [-0.15, -0.1) is 12.4 Å². The quantitative estimate of drug-likeness (QED) is 0.754. The molecule has 0 bridgehead atoms. The first-order valence-corrected chi connectivity index (χ1v) is 9.49. The van der Waals surface area contributed by atoms with E-state index in [4.69, 9.17) is 0 Å². The minimum atomic E-state index is -3.86. The van der Waals surface area contributed by atoms with Crippen LogP contribution in [0.15, 0.2) is 53.4 Å². The molecule has 2 aromatic carbocycles. The molecule has 0 fully saturated rings. The minimum Gasteiger partial charge on any atom is -0.300 e. The van der Waals surface area contributed by atoms with E-state index < -0.39 is 15.8 Å². The van der Waals surface area contributed by atoms with Crippen LogP contribution in [0.25, 0.3) is 0 Å². The van der Waals surface area contributed by atoms with Gasteiger partial charge in [0.1, 0.15) is 10.7 Å². The molecule has 0 aliphatic heterocycles. The van der Waals surface area contributed by atoms with Gasteiger partial charge in [-0.05, 0) is 36.3 Å². The van der Waals surface area contributed by atoms with Crippen molar-refractivity contribution in [1.82, 2.24) is 9.62 Å². The lowest BCUT2D eigenvalue weighted by Crippen LogP contribution is -2.24. The molecule has 0 atom stereocenters. The Morgan fingerprint density at radius 2 is 1.52 bits per heavy atom. The highest BCUT2D eigenvalue weighted by atomic mass is 35.5. The predicted molar refractivity (Wildman–Crippen MR) is 101 cm³/mol. The number of halogens is 2. The third-order valence-electron chi connectivity index (χ3n) is 3.92. The zero-order chi connectivity index (χ0) is 17.6. The smallest absolute Gasteiger partial charge is 0.243 e. The van der Waals surface area contributed by atoms with Crippen molar-refractivity contribution in [2.75, 3.05) is 13.1 Å². The summed E-state index contributed by atoms with van der Waals surface area (Å²) in [5, 5.41) is 0. The Morgan fingerprint density at radius 1 is 0.960 bits per heavy atom. The Labute approximate surface area is 155 Å². The molecule has 1 N–H and O–H groups in total. The van der Waals surface area contributed by atoms with Crippen LogP contribution in [0, 0.1) is 5.82 Å². The van der Waals surface area contributed by atoms with E-state index >= 15 is 0 Å². The topological polar surface area (TPSA) is 49.4 Å². The molecule has 25 heavy (non-hydrogen) atoms. The molecule has 0 radical (unpaired) electrons. The molecule has 0 unspecified atom stereocenters. The lowest BCUT2D eigenvalue weighted by molar-refractivity contribution is 0.296. The van der Waals surface area contributed by atoms with Gasteiger partial charge in [-0.2, -0.15) is 0 Å². The van der Waals surface area contributed by atoms with Crippen molar-refractivity contribution in [3.8, 4) is 0 Å². The van der Waals surface area contributed by atoms with Gasteiger partial charge in [-0.3, -0.25) is 4.90 Å². The van der Waals surface area contributed by atoms with Crippen molar-refractivity contribution in [3.63, 3.8) is 0 Å².